The Morgan fingerprint density at radius 2 is 2.20 bits per heavy atom. The number of hydrogen-bond acceptors (Lipinski definition) is 0. The predicted octanol–water partition coefficient (Wildman–Crippen LogP) is 2.29. The van der Waals surface area contributed by atoms with Crippen molar-refractivity contribution in [1.82, 2.24) is 4.57 Å². The maximum atomic E-state index is 2.25. The first-order chi connectivity index (χ1) is 4.74. The molecule has 56 valence electrons. The molecular formula is C9H15N. The second kappa shape index (κ2) is 2.91. The molecule has 0 aromatic carbocycles. The van der Waals surface area contributed by atoms with E-state index in [1.807, 2.05) is 0 Å². The standard InChI is InChI=1S/C9H15N/c1-4-5-9-6-8(2)7-10(9)3/h6-7H,4-5H2,1-3H3. The fourth-order valence-electron chi connectivity index (χ4n) is 1.29. The first-order valence-corrected chi connectivity index (χ1v) is 3.86. The molecule has 0 atom stereocenters. The molecule has 0 spiro atoms. The van der Waals surface area contributed by atoms with Crippen molar-refractivity contribution in [3.8, 4) is 0 Å². The zero-order chi connectivity index (χ0) is 7.56. The summed E-state index contributed by atoms with van der Waals surface area (Å²) in [6.45, 7) is 4.35. The van der Waals surface area contributed by atoms with Crippen LogP contribution in [0.15, 0.2) is 12.3 Å². The van der Waals surface area contributed by atoms with Crippen molar-refractivity contribution >= 4 is 0 Å². The van der Waals surface area contributed by atoms with Crippen LogP contribution in [0.4, 0.5) is 0 Å². The molecule has 0 aliphatic carbocycles. The fraction of sp³-hybridized carbons (Fsp3) is 0.556. The van der Waals surface area contributed by atoms with Gasteiger partial charge in [-0.15, -0.1) is 0 Å². The van der Waals surface area contributed by atoms with Gasteiger partial charge in [-0.2, -0.15) is 0 Å². The summed E-state index contributed by atoms with van der Waals surface area (Å²) in [5, 5.41) is 0. The van der Waals surface area contributed by atoms with Gasteiger partial charge in [0.1, 0.15) is 0 Å². The molecule has 0 N–H and O–H groups in total. The van der Waals surface area contributed by atoms with Gasteiger partial charge in [0.15, 0.2) is 0 Å². The summed E-state index contributed by atoms with van der Waals surface area (Å²) >= 11 is 0. The third-order valence-corrected chi connectivity index (χ3v) is 1.75. The maximum absolute atomic E-state index is 2.25. The van der Waals surface area contributed by atoms with Gasteiger partial charge in [-0.25, -0.2) is 0 Å². The van der Waals surface area contributed by atoms with Crippen LogP contribution in [0.5, 0.6) is 0 Å². The van der Waals surface area contributed by atoms with Crippen LogP contribution in [0, 0.1) is 6.92 Å². The number of aromatic nitrogens is 1. The average Bonchev–Trinajstić information content (AvgIpc) is 2.13. The molecule has 0 aliphatic rings. The second-order valence-corrected chi connectivity index (χ2v) is 2.87. The lowest BCUT2D eigenvalue weighted by Gasteiger charge is -1.98. The van der Waals surface area contributed by atoms with E-state index in [-0.39, 0.29) is 0 Å². The molecule has 0 saturated carbocycles. The molecule has 0 bridgehead atoms. The molecule has 1 heterocycles. The first-order valence-electron chi connectivity index (χ1n) is 3.86. The maximum Gasteiger partial charge on any atom is 0.0174 e. The number of rotatable bonds is 2. The summed E-state index contributed by atoms with van der Waals surface area (Å²) in [5.74, 6) is 0. The van der Waals surface area contributed by atoms with E-state index >= 15 is 0 Å². The van der Waals surface area contributed by atoms with Gasteiger partial charge in [0.25, 0.3) is 0 Å². The van der Waals surface area contributed by atoms with Gasteiger partial charge in [-0.1, -0.05) is 13.3 Å². The van der Waals surface area contributed by atoms with E-state index in [4.69, 9.17) is 0 Å². The molecule has 1 nitrogen and oxygen atoms in total. The van der Waals surface area contributed by atoms with Crippen molar-refractivity contribution in [3.63, 3.8) is 0 Å². The highest BCUT2D eigenvalue weighted by molar-refractivity contribution is 5.16. The molecule has 1 rings (SSSR count). The van der Waals surface area contributed by atoms with Crippen molar-refractivity contribution in [2.24, 2.45) is 7.05 Å². The van der Waals surface area contributed by atoms with Crippen molar-refractivity contribution < 1.29 is 0 Å². The lowest BCUT2D eigenvalue weighted by molar-refractivity contribution is 0.787. The molecular weight excluding hydrogens is 122 g/mol. The van der Waals surface area contributed by atoms with E-state index in [1.54, 1.807) is 0 Å². The molecule has 1 heteroatoms. The molecule has 1 aromatic rings. The van der Waals surface area contributed by atoms with Crippen LogP contribution in [0.25, 0.3) is 0 Å². The van der Waals surface area contributed by atoms with Crippen LogP contribution in [-0.4, -0.2) is 4.57 Å². The molecule has 0 saturated heterocycles. The van der Waals surface area contributed by atoms with Gasteiger partial charge < -0.3 is 4.57 Å². The molecule has 0 radical (unpaired) electrons. The lowest BCUT2D eigenvalue weighted by atomic mass is 10.2. The van der Waals surface area contributed by atoms with E-state index in [2.05, 4.69) is 37.7 Å². The minimum Gasteiger partial charge on any atom is -0.354 e. The summed E-state index contributed by atoms with van der Waals surface area (Å²) in [5.41, 5.74) is 2.81. The van der Waals surface area contributed by atoms with E-state index in [9.17, 15) is 0 Å². The van der Waals surface area contributed by atoms with Gasteiger partial charge >= 0.3 is 0 Å². The monoisotopic (exact) mass is 137 g/mol. The van der Waals surface area contributed by atoms with Crippen LogP contribution < -0.4 is 0 Å². The molecule has 0 amide bonds. The first kappa shape index (κ1) is 7.39. The van der Waals surface area contributed by atoms with E-state index < -0.39 is 0 Å². The van der Waals surface area contributed by atoms with Crippen molar-refractivity contribution in [1.29, 1.82) is 0 Å². The predicted molar refractivity (Wildman–Crippen MR) is 44.1 cm³/mol. The van der Waals surface area contributed by atoms with Crippen molar-refractivity contribution in [2.45, 2.75) is 26.7 Å². The van der Waals surface area contributed by atoms with Crippen LogP contribution in [0.1, 0.15) is 24.6 Å². The van der Waals surface area contributed by atoms with Crippen LogP contribution in [-0.2, 0) is 13.5 Å². The normalized spacial score (nSPS) is 10.3. The SMILES string of the molecule is CCCc1cc(C)cn1C. The Balaban J connectivity index is 2.81. The zero-order valence-corrected chi connectivity index (χ0v) is 7.02. The molecule has 0 unspecified atom stereocenters. The Kier molecular flexibility index (Phi) is 2.15. The average molecular weight is 137 g/mol. The number of nitrogens with zero attached hydrogens (tertiary/aromatic N) is 1. The van der Waals surface area contributed by atoms with Gasteiger partial charge in [-0.05, 0) is 25.0 Å². The van der Waals surface area contributed by atoms with E-state index in [1.165, 1.54) is 24.1 Å². The van der Waals surface area contributed by atoms with E-state index in [0.717, 1.165) is 0 Å². The molecule has 10 heavy (non-hydrogen) atoms. The minimum absolute atomic E-state index is 1.20. The zero-order valence-electron chi connectivity index (χ0n) is 7.02. The van der Waals surface area contributed by atoms with Gasteiger partial charge in [0, 0.05) is 18.9 Å². The van der Waals surface area contributed by atoms with Gasteiger partial charge in [0.05, 0.1) is 0 Å². The number of hydrogen-bond donors (Lipinski definition) is 0. The quantitative estimate of drug-likeness (QED) is 0.589. The highest BCUT2D eigenvalue weighted by atomic mass is 14.9. The minimum atomic E-state index is 1.20. The summed E-state index contributed by atoms with van der Waals surface area (Å²) in [7, 11) is 2.11. The topological polar surface area (TPSA) is 4.93 Å². The highest BCUT2D eigenvalue weighted by Crippen LogP contribution is 2.07. The second-order valence-electron chi connectivity index (χ2n) is 2.87. The Bertz CT molecular complexity index is 211. The Labute approximate surface area is 62.7 Å². The fourth-order valence-corrected chi connectivity index (χ4v) is 1.29. The molecule has 0 aliphatic heterocycles. The van der Waals surface area contributed by atoms with Crippen LogP contribution >= 0.6 is 0 Å². The van der Waals surface area contributed by atoms with Gasteiger partial charge in [0.2, 0.25) is 0 Å². The summed E-state index contributed by atoms with van der Waals surface area (Å²) in [4.78, 5) is 0. The van der Waals surface area contributed by atoms with Crippen LogP contribution in [0.2, 0.25) is 0 Å². The largest absolute Gasteiger partial charge is 0.354 e. The highest BCUT2D eigenvalue weighted by Gasteiger charge is 1.96. The third-order valence-electron chi connectivity index (χ3n) is 1.75. The summed E-state index contributed by atoms with van der Waals surface area (Å²) in [6.07, 6.45) is 4.60. The third kappa shape index (κ3) is 1.41. The Morgan fingerprint density at radius 3 is 2.60 bits per heavy atom. The van der Waals surface area contributed by atoms with Crippen LogP contribution in [0.3, 0.4) is 0 Å². The van der Waals surface area contributed by atoms with Gasteiger partial charge in [-0.3, -0.25) is 0 Å². The Hall–Kier alpha value is -0.720. The summed E-state index contributed by atoms with van der Waals surface area (Å²) in [6, 6.07) is 2.25. The smallest absolute Gasteiger partial charge is 0.0174 e. The van der Waals surface area contributed by atoms with Crippen molar-refractivity contribution in [2.75, 3.05) is 0 Å². The van der Waals surface area contributed by atoms with E-state index in [0.29, 0.717) is 0 Å². The Morgan fingerprint density at radius 1 is 1.50 bits per heavy atom. The molecule has 0 fully saturated rings. The molecule has 1 aromatic heterocycles. The number of aryl methyl sites for hydroxylation is 3. The summed E-state index contributed by atoms with van der Waals surface area (Å²) < 4.78 is 2.21. The van der Waals surface area contributed by atoms with Crippen molar-refractivity contribution in [3.05, 3.63) is 23.5 Å². The lowest BCUT2D eigenvalue weighted by Crippen LogP contribution is -1.92.